The van der Waals surface area contributed by atoms with Crippen molar-refractivity contribution >= 4 is 5.52 Å². The van der Waals surface area contributed by atoms with Crippen LogP contribution in [0.4, 0.5) is 0 Å². The quantitative estimate of drug-likeness (QED) is 0.613. The van der Waals surface area contributed by atoms with Gasteiger partial charge in [0.2, 0.25) is 0 Å². The Morgan fingerprint density at radius 3 is 2.69 bits per heavy atom. The van der Waals surface area contributed by atoms with E-state index in [-0.39, 0.29) is 5.41 Å². The maximum absolute atomic E-state index is 4.39. The highest BCUT2D eigenvalue weighted by Gasteiger charge is 2.17. The van der Waals surface area contributed by atoms with Crippen LogP contribution < -0.4 is 0 Å². The second-order valence-electron chi connectivity index (χ2n) is 4.22. The first-order valence-corrected chi connectivity index (χ1v) is 4.39. The van der Waals surface area contributed by atoms with Crippen LogP contribution in [0.2, 0.25) is 0 Å². The molecule has 0 bridgehead atoms. The highest BCUT2D eigenvalue weighted by molar-refractivity contribution is 5.46. The highest BCUT2D eigenvalue weighted by Crippen LogP contribution is 2.21. The summed E-state index contributed by atoms with van der Waals surface area (Å²) in [6.07, 6.45) is 1.74. The van der Waals surface area contributed by atoms with Crippen LogP contribution in [0.1, 0.15) is 26.5 Å². The minimum atomic E-state index is 0.0910. The Balaban J connectivity index is 2.63. The van der Waals surface area contributed by atoms with Crippen LogP contribution in [-0.2, 0) is 5.41 Å². The standard InChI is InChI=1S/C10H13N3/c1-10(2,3)9-7-8-5-4-6-11-13(8)12-9/h4-7H,1-3H3. The van der Waals surface area contributed by atoms with Crippen molar-refractivity contribution in [2.45, 2.75) is 26.2 Å². The van der Waals surface area contributed by atoms with Gasteiger partial charge in [0.15, 0.2) is 0 Å². The molecule has 3 heteroatoms. The fourth-order valence-corrected chi connectivity index (χ4v) is 1.20. The molecular formula is C10H13N3. The number of rotatable bonds is 0. The minimum absolute atomic E-state index is 0.0910. The number of hydrogen-bond donors (Lipinski definition) is 0. The van der Waals surface area contributed by atoms with Crippen molar-refractivity contribution < 1.29 is 0 Å². The summed E-state index contributed by atoms with van der Waals surface area (Å²) in [4.78, 5) is 0. The van der Waals surface area contributed by atoms with E-state index in [2.05, 4.69) is 37.0 Å². The summed E-state index contributed by atoms with van der Waals surface area (Å²) in [7, 11) is 0. The predicted octanol–water partition coefficient (Wildman–Crippen LogP) is 2.03. The molecule has 0 saturated carbocycles. The van der Waals surface area contributed by atoms with Crippen molar-refractivity contribution in [3.8, 4) is 0 Å². The molecule has 0 aromatic carbocycles. The van der Waals surface area contributed by atoms with Gasteiger partial charge in [-0.05, 0) is 18.2 Å². The van der Waals surface area contributed by atoms with E-state index in [1.807, 2.05) is 12.1 Å². The SMILES string of the molecule is CC(C)(C)c1cc2cccnn2n1. The predicted molar refractivity (Wildman–Crippen MR) is 51.7 cm³/mol. The summed E-state index contributed by atoms with van der Waals surface area (Å²) < 4.78 is 1.67. The zero-order valence-electron chi connectivity index (χ0n) is 8.15. The second kappa shape index (κ2) is 2.55. The van der Waals surface area contributed by atoms with E-state index >= 15 is 0 Å². The van der Waals surface area contributed by atoms with E-state index in [0.29, 0.717) is 0 Å². The number of fused-ring (bicyclic) bond motifs is 1. The molecule has 2 rings (SSSR count). The van der Waals surface area contributed by atoms with Crippen LogP contribution in [0, 0.1) is 0 Å². The van der Waals surface area contributed by atoms with Crippen LogP contribution in [0.3, 0.4) is 0 Å². The zero-order chi connectivity index (χ0) is 9.47. The number of aromatic nitrogens is 3. The molecule has 13 heavy (non-hydrogen) atoms. The largest absolute Gasteiger partial charge is 0.159 e. The van der Waals surface area contributed by atoms with Gasteiger partial charge >= 0.3 is 0 Å². The van der Waals surface area contributed by atoms with Gasteiger partial charge in [-0.3, -0.25) is 0 Å². The normalized spacial score (nSPS) is 12.2. The fraction of sp³-hybridized carbons (Fsp3) is 0.400. The Bertz CT molecular complexity index is 390. The van der Waals surface area contributed by atoms with Gasteiger partial charge in [0.1, 0.15) is 0 Å². The van der Waals surface area contributed by atoms with Gasteiger partial charge in [0.25, 0.3) is 0 Å². The van der Waals surface area contributed by atoms with Crippen molar-refractivity contribution in [3.05, 3.63) is 30.1 Å². The Kier molecular flexibility index (Phi) is 1.62. The van der Waals surface area contributed by atoms with E-state index in [1.54, 1.807) is 10.8 Å². The van der Waals surface area contributed by atoms with Gasteiger partial charge in [-0.15, -0.1) is 0 Å². The van der Waals surface area contributed by atoms with E-state index in [9.17, 15) is 0 Å². The van der Waals surface area contributed by atoms with Crippen LogP contribution in [0.15, 0.2) is 24.4 Å². The lowest BCUT2D eigenvalue weighted by atomic mass is 9.92. The van der Waals surface area contributed by atoms with Crippen molar-refractivity contribution in [3.63, 3.8) is 0 Å². The monoisotopic (exact) mass is 175 g/mol. The molecule has 2 aromatic heterocycles. The molecule has 0 spiro atoms. The molecule has 0 unspecified atom stereocenters. The van der Waals surface area contributed by atoms with E-state index < -0.39 is 0 Å². The molecular weight excluding hydrogens is 162 g/mol. The summed E-state index contributed by atoms with van der Waals surface area (Å²) in [6.45, 7) is 6.44. The molecule has 2 aromatic rings. The van der Waals surface area contributed by atoms with Crippen LogP contribution >= 0.6 is 0 Å². The average molecular weight is 175 g/mol. The molecule has 0 atom stereocenters. The third-order valence-corrected chi connectivity index (χ3v) is 2.02. The first-order chi connectivity index (χ1) is 6.07. The van der Waals surface area contributed by atoms with Crippen molar-refractivity contribution in [2.75, 3.05) is 0 Å². The topological polar surface area (TPSA) is 30.2 Å². The van der Waals surface area contributed by atoms with Gasteiger partial charge in [-0.25, -0.2) is 0 Å². The van der Waals surface area contributed by atoms with Crippen molar-refractivity contribution in [1.82, 2.24) is 14.8 Å². The minimum Gasteiger partial charge on any atom is -0.159 e. The Morgan fingerprint density at radius 1 is 1.31 bits per heavy atom. The summed E-state index contributed by atoms with van der Waals surface area (Å²) in [5.74, 6) is 0. The lowest BCUT2D eigenvalue weighted by Crippen LogP contribution is -2.12. The number of nitrogens with zero attached hydrogens (tertiary/aromatic N) is 3. The van der Waals surface area contributed by atoms with E-state index in [0.717, 1.165) is 11.2 Å². The summed E-state index contributed by atoms with van der Waals surface area (Å²) in [6, 6.07) is 6.01. The third-order valence-electron chi connectivity index (χ3n) is 2.02. The van der Waals surface area contributed by atoms with Crippen molar-refractivity contribution in [2.24, 2.45) is 0 Å². The second-order valence-corrected chi connectivity index (χ2v) is 4.22. The fourth-order valence-electron chi connectivity index (χ4n) is 1.20. The average Bonchev–Trinajstić information content (AvgIpc) is 2.45. The van der Waals surface area contributed by atoms with Gasteiger partial charge in [0.05, 0.1) is 11.2 Å². The molecule has 3 nitrogen and oxygen atoms in total. The molecule has 0 amide bonds. The summed E-state index contributed by atoms with van der Waals surface area (Å²) >= 11 is 0. The van der Waals surface area contributed by atoms with Crippen LogP contribution in [-0.4, -0.2) is 14.8 Å². The maximum atomic E-state index is 4.39. The first kappa shape index (κ1) is 8.23. The summed E-state index contributed by atoms with van der Waals surface area (Å²) in [5.41, 5.74) is 2.21. The zero-order valence-corrected chi connectivity index (χ0v) is 8.15. The molecule has 0 fully saturated rings. The Morgan fingerprint density at radius 2 is 2.08 bits per heavy atom. The van der Waals surface area contributed by atoms with Gasteiger partial charge in [-0.1, -0.05) is 20.8 Å². The first-order valence-electron chi connectivity index (χ1n) is 4.39. The third kappa shape index (κ3) is 1.41. The lowest BCUT2D eigenvalue weighted by molar-refractivity contribution is 0.556. The molecule has 0 saturated heterocycles. The molecule has 0 radical (unpaired) electrons. The molecule has 0 aliphatic heterocycles. The molecule has 0 N–H and O–H groups in total. The Labute approximate surface area is 77.4 Å². The highest BCUT2D eigenvalue weighted by atomic mass is 15.4. The summed E-state index contributed by atoms with van der Waals surface area (Å²) in [5, 5.41) is 8.51. The van der Waals surface area contributed by atoms with Gasteiger partial charge in [0, 0.05) is 11.6 Å². The van der Waals surface area contributed by atoms with Gasteiger partial charge < -0.3 is 0 Å². The maximum Gasteiger partial charge on any atom is 0.0876 e. The number of hydrogen-bond acceptors (Lipinski definition) is 2. The molecule has 2 heterocycles. The molecule has 0 aliphatic carbocycles. The lowest BCUT2D eigenvalue weighted by Gasteiger charge is -2.13. The Hall–Kier alpha value is -1.38. The van der Waals surface area contributed by atoms with Crippen molar-refractivity contribution in [1.29, 1.82) is 0 Å². The van der Waals surface area contributed by atoms with E-state index in [1.165, 1.54) is 0 Å². The van der Waals surface area contributed by atoms with Crippen LogP contribution in [0.25, 0.3) is 5.52 Å². The van der Waals surface area contributed by atoms with E-state index in [4.69, 9.17) is 0 Å². The van der Waals surface area contributed by atoms with Crippen LogP contribution in [0.5, 0.6) is 0 Å². The van der Waals surface area contributed by atoms with Gasteiger partial charge in [-0.2, -0.15) is 14.8 Å². The molecule has 0 aliphatic rings. The molecule has 68 valence electrons. The smallest absolute Gasteiger partial charge is 0.0876 e.